The summed E-state index contributed by atoms with van der Waals surface area (Å²) >= 11 is 0. The van der Waals surface area contributed by atoms with Gasteiger partial charge in [-0.25, -0.2) is 0 Å². The first kappa shape index (κ1) is 5.34. The molecule has 4 nitrogen and oxygen atoms in total. The van der Waals surface area contributed by atoms with E-state index in [1.54, 1.807) is 12.1 Å². The van der Waals surface area contributed by atoms with E-state index in [4.69, 9.17) is 4.74 Å². The number of hydrogen-bond donors (Lipinski definition) is 1. The molecule has 4 heteroatoms. The molecule has 0 aliphatic carbocycles. The highest BCUT2D eigenvalue weighted by Gasteiger charge is 2.08. The second kappa shape index (κ2) is 1.76. The minimum Gasteiger partial charge on any atom is -0.455 e. The van der Waals surface area contributed by atoms with Crippen LogP contribution in [0.4, 0.5) is 0 Å². The number of rotatable bonds is 0. The van der Waals surface area contributed by atoms with Gasteiger partial charge in [0.25, 0.3) is 5.56 Å². The summed E-state index contributed by atoms with van der Waals surface area (Å²) < 4.78 is 6.41. The van der Waals surface area contributed by atoms with Gasteiger partial charge in [0.15, 0.2) is 6.73 Å². The van der Waals surface area contributed by atoms with Crippen molar-refractivity contribution in [3.8, 4) is 5.88 Å². The van der Waals surface area contributed by atoms with E-state index in [1.165, 1.54) is 10.7 Å². The molecule has 1 aliphatic heterocycles. The Balaban J connectivity index is 2.70. The summed E-state index contributed by atoms with van der Waals surface area (Å²) in [6, 6.07) is 4.88. The van der Waals surface area contributed by atoms with Gasteiger partial charge >= 0.3 is 0 Å². The average Bonchev–Trinajstić information content (AvgIpc) is 2.36. The predicted molar refractivity (Wildman–Crippen MR) is 35.6 cm³/mol. The Labute approximate surface area is 57.0 Å². The van der Waals surface area contributed by atoms with Gasteiger partial charge in [-0.3, -0.25) is 10.2 Å². The lowest BCUT2D eigenvalue weighted by molar-refractivity contribution is 0.370. The van der Waals surface area contributed by atoms with E-state index in [2.05, 4.69) is 5.43 Å². The number of pyridine rings is 1. The summed E-state index contributed by atoms with van der Waals surface area (Å²) in [4.78, 5) is 10.9. The van der Waals surface area contributed by atoms with Gasteiger partial charge in [0.05, 0.1) is 0 Å². The van der Waals surface area contributed by atoms with Crippen molar-refractivity contribution in [3.63, 3.8) is 0 Å². The number of nitrogens with one attached hydrogen (secondary N) is 1. The van der Waals surface area contributed by atoms with E-state index < -0.39 is 0 Å². The summed E-state index contributed by atoms with van der Waals surface area (Å²) in [5.41, 5.74) is 2.66. The highest BCUT2D eigenvalue weighted by Crippen LogP contribution is 2.08. The lowest BCUT2D eigenvalue weighted by Gasteiger charge is -1.95. The molecule has 10 heavy (non-hydrogen) atoms. The fraction of sp³-hybridized carbons (Fsp3) is 0.167. The van der Waals surface area contributed by atoms with Gasteiger partial charge in [-0.2, -0.15) is 4.68 Å². The van der Waals surface area contributed by atoms with Crippen molar-refractivity contribution in [2.45, 2.75) is 0 Å². The number of hydrogen-bond acceptors (Lipinski definition) is 3. The molecule has 0 fully saturated rings. The zero-order chi connectivity index (χ0) is 6.97. The van der Waals surface area contributed by atoms with Gasteiger partial charge < -0.3 is 4.74 Å². The molecule has 0 bridgehead atoms. The standard InChI is InChI=1S/C6H6N2O2/c9-5-2-1-3-6-8(5)7-4-10-6/h1-3,7H,4H2. The van der Waals surface area contributed by atoms with Crippen molar-refractivity contribution in [3.05, 3.63) is 28.6 Å². The Bertz CT molecular complexity index is 305. The van der Waals surface area contributed by atoms with Crippen LogP contribution >= 0.6 is 0 Å². The van der Waals surface area contributed by atoms with Crippen molar-refractivity contribution in [1.82, 2.24) is 4.68 Å². The molecule has 52 valence electrons. The van der Waals surface area contributed by atoms with Crippen molar-refractivity contribution in [2.75, 3.05) is 12.2 Å². The lowest BCUT2D eigenvalue weighted by atomic mass is 10.5. The first-order valence-electron chi connectivity index (χ1n) is 2.97. The van der Waals surface area contributed by atoms with E-state index in [0.717, 1.165) is 0 Å². The molecule has 0 atom stereocenters. The molecular formula is C6H6N2O2. The quantitative estimate of drug-likeness (QED) is 0.537. The van der Waals surface area contributed by atoms with Crippen LogP contribution in [0.5, 0.6) is 5.88 Å². The van der Waals surface area contributed by atoms with Crippen LogP contribution in [-0.4, -0.2) is 11.4 Å². The first-order valence-corrected chi connectivity index (χ1v) is 2.97. The Morgan fingerprint density at radius 3 is 3.30 bits per heavy atom. The fourth-order valence-electron chi connectivity index (χ4n) is 0.910. The minimum absolute atomic E-state index is 0.0880. The molecule has 0 aromatic carbocycles. The van der Waals surface area contributed by atoms with Crippen LogP contribution < -0.4 is 15.7 Å². The van der Waals surface area contributed by atoms with E-state index in [1.807, 2.05) is 0 Å². The SMILES string of the molecule is O=c1cccc2n1NCO2. The molecule has 0 unspecified atom stereocenters. The topological polar surface area (TPSA) is 43.3 Å². The Morgan fingerprint density at radius 2 is 2.50 bits per heavy atom. The summed E-state index contributed by atoms with van der Waals surface area (Å²) in [6.07, 6.45) is 0. The summed E-state index contributed by atoms with van der Waals surface area (Å²) in [5, 5.41) is 0. The van der Waals surface area contributed by atoms with Gasteiger partial charge in [0.2, 0.25) is 5.88 Å². The van der Waals surface area contributed by atoms with Crippen molar-refractivity contribution in [2.24, 2.45) is 0 Å². The Kier molecular flexibility index (Phi) is 0.943. The Hall–Kier alpha value is -1.45. The molecule has 0 saturated carbocycles. The minimum atomic E-state index is -0.0880. The predicted octanol–water partition coefficient (Wildman–Crippen LogP) is -0.258. The molecule has 0 spiro atoms. The van der Waals surface area contributed by atoms with Crippen molar-refractivity contribution in [1.29, 1.82) is 0 Å². The van der Waals surface area contributed by atoms with Gasteiger partial charge in [0, 0.05) is 12.1 Å². The van der Waals surface area contributed by atoms with Gasteiger partial charge in [-0.1, -0.05) is 6.07 Å². The molecule has 0 saturated heterocycles. The number of nitrogens with zero attached hydrogens (tertiary/aromatic N) is 1. The molecule has 1 N–H and O–H groups in total. The fourth-order valence-corrected chi connectivity index (χ4v) is 0.910. The van der Waals surface area contributed by atoms with Crippen molar-refractivity contribution >= 4 is 0 Å². The number of fused-ring (bicyclic) bond motifs is 1. The Morgan fingerprint density at radius 1 is 1.60 bits per heavy atom. The summed E-state index contributed by atoms with van der Waals surface area (Å²) in [5.74, 6) is 0.576. The normalized spacial score (nSPS) is 13.6. The van der Waals surface area contributed by atoms with Crippen LogP contribution in [0.15, 0.2) is 23.0 Å². The molecular weight excluding hydrogens is 132 g/mol. The van der Waals surface area contributed by atoms with Crippen LogP contribution in [-0.2, 0) is 0 Å². The zero-order valence-electron chi connectivity index (χ0n) is 5.20. The van der Waals surface area contributed by atoms with Crippen LogP contribution in [0, 0.1) is 0 Å². The zero-order valence-corrected chi connectivity index (χ0v) is 5.20. The molecule has 2 heterocycles. The molecule has 2 rings (SSSR count). The largest absolute Gasteiger partial charge is 0.455 e. The average molecular weight is 138 g/mol. The van der Waals surface area contributed by atoms with Gasteiger partial charge in [0.1, 0.15) is 0 Å². The smallest absolute Gasteiger partial charge is 0.272 e. The van der Waals surface area contributed by atoms with Crippen molar-refractivity contribution < 1.29 is 4.74 Å². The molecule has 1 aromatic heterocycles. The van der Waals surface area contributed by atoms with Crippen LogP contribution in [0.2, 0.25) is 0 Å². The maximum absolute atomic E-state index is 10.9. The van der Waals surface area contributed by atoms with Gasteiger partial charge in [-0.05, 0) is 0 Å². The van der Waals surface area contributed by atoms with Crippen LogP contribution in [0.3, 0.4) is 0 Å². The maximum atomic E-state index is 10.9. The monoisotopic (exact) mass is 138 g/mol. The highest BCUT2D eigenvalue weighted by atomic mass is 16.5. The number of ether oxygens (including phenoxy) is 1. The third-order valence-corrected chi connectivity index (χ3v) is 1.36. The highest BCUT2D eigenvalue weighted by molar-refractivity contribution is 5.16. The summed E-state index contributed by atoms with van der Waals surface area (Å²) in [7, 11) is 0. The molecule has 0 amide bonds. The van der Waals surface area contributed by atoms with Gasteiger partial charge in [-0.15, -0.1) is 0 Å². The lowest BCUT2D eigenvalue weighted by Crippen LogP contribution is -2.22. The second-order valence-electron chi connectivity index (χ2n) is 1.98. The van der Waals surface area contributed by atoms with Crippen LogP contribution in [0.1, 0.15) is 0 Å². The maximum Gasteiger partial charge on any atom is 0.272 e. The van der Waals surface area contributed by atoms with E-state index in [-0.39, 0.29) is 5.56 Å². The molecule has 0 radical (unpaired) electrons. The van der Waals surface area contributed by atoms with Crippen LogP contribution in [0.25, 0.3) is 0 Å². The van der Waals surface area contributed by atoms with E-state index in [0.29, 0.717) is 12.6 Å². The van der Waals surface area contributed by atoms with E-state index >= 15 is 0 Å². The molecule has 1 aromatic rings. The third-order valence-electron chi connectivity index (χ3n) is 1.36. The second-order valence-corrected chi connectivity index (χ2v) is 1.98. The van der Waals surface area contributed by atoms with E-state index in [9.17, 15) is 4.79 Å². The third kappa shape index (κ3) is 0.586. The number of aromatic nitrogens is 1. The molecule has 1 aliphatic rings. The first-order chi connectivity index (χ1) is 4.88. The summed E-state index contributed by atoms with van der Waals surface area (Å²) in [6.45, 7) is 0.374.